The molecule has 1 aromatic heterocycles. The number of carbonyl (C=O) groups is 1. The van der Waals surface area contributed by atoms with Crippen LogP contribution in [-0.2, 0) is 0 Å². The van der Waals surface area contributed by atoms with Gasteiger partial charge in [0.15, 0.2) is 0 Å². The summed E-state index contributed by atoms with van der Waals surface area (Å²) < 4.78 is 0. The number of aromatic nitrogens is 1. The van der Waals surface area contributed by atoms with Crippen molar-refractivity contribution < 1.29 is 4.79 Å². The number of likely N-dealkylation sites (N-methyl/N-ethyl adjacent to an activating group) is 1. The van der Waals surface area contributed by atoms with Crippen molar-refractivity contribution >= 4 is 17.5 Å². The molecule has 4 heteroatoms. The van der Waals surface area contributed by atoms with Crippen LogP contribution in [0.5, 0.6) is 0 Å². The molecular formula is C12H15ClN2O. The van der Waals surface area contributed by atoms with Gasteiger partial charge in [0, 0.05) is 24.3 Å². The number of hydrogen-bond donors (Lipinski definition) is 0. The Bertz CT molecular complexity index is 404. The van der Waals surface area contributed by atoms with Gasteiger partial charge < -0.3 is 4.90 Å². The maximum absolute atomic E-state index is 12.0. The molecule has 0 aromatic carbocycles. The van der Waals surface area contributed by atoms with Crippen molar-refractivity contribution in [2.75, 3.05) is 13.1 Å². The van der Waals surface area contributed by atoms with E-state index in [1.165, 1.54) is 6.20 Å². The lowest BCUT2D eigenvalue weighted by atomic mass is 10.2. The third-order valence-electron chi connectivity index (χ3n) is 2.07. The van der Waals surface area contributed by atoms with Crippen LogP contribution in [0.4, 0.5) is 0 Å². The summed E-state index contributed by atoms with van der Waals surface area (Å²) in [6.45, 7) is 8.78. The average molecular weight is 239 g/mol. The van der Waals surface area contributed by atoms with E-state index in [1.807, 2.05) is 13.8 Å². The van der Waals surface area contributed by atoms with Crippen LogP contribution in [0.15, 0.2) is 30.5 Å². The molecule has 0 unspecified atom stereocenters. The van der Waals surface area contributed by atoms with E-state index in [-0.39, 0.29) is 5.91 Å². The zero-order chi connectivity index (χ0) is 12.1. The molecule has 86 valence electrons. The van der Waals surface area contributed by atoms with E-state index in [2.05, 4.69) is 11.6 Å². The summed E-state index contributed by atoms with van der Waals surface area (Å²) in [5.41, 5.74) is 1.31. The van der Waals surface area contributed by atoms with Crippen molar-refractivity contribution in [2.45, 2.75) is 13.8 Å². The largest absolute Gasteiger partial charge is 0.334 e. The molecule has 1 amide bonds. The minimum atomic E-state index is -0.118. The predicted molar refractivity (Wildman–Crippen MR) is 65.6 cm³/mol. The topological polar surface area (TPSA) is 33.2 Å². The molecule has 0 saturated carbocycles. The molecule has 0 aliphatic carbocycles. The Hall–Kier alpha value is -1.35. The molecule has 16 heavy (non-hydrogen) atoms. The van der Waals surface area contributed by atoms with E-state index in [1.54, 1.807) is 17.0 Å². The first-order chi connectivity index (χ1) is 7.54. The Kier molecular flexibility index (Phi) is 4.50. The van der Waals surface area contributed by atoms with E-state index < -0.39 is 0 Å². The van der Waals surface area contributed by atoms with Crippen LogP contribution in [0, 0.1) is 0 Å². The molecule has 0 saturated heterocycles. The maximum Gasteiger partial charge on any atom is 0.272 e. The van der Waals surface area contributed by atoms with E-state index in [4.69, 9.17) is 11.6 Å². The lowest BCUT2D eigenvalue weighted by Crippen LogP contribution is -2.32. The van der Waals surface area contributed by atoms with Gasteiger partial charge in [0.2, 0.25) is 0 Å². The summed E-state index contributed by atoms with van der Waals surface area (Å²) in [7, 11) is 0. The van der Waals surface area contributed by atoms with Crippen LogP contribution in [0.3, 0.4) is 0 Å². The van der Waals surface area contributed by atoms with Crippen molar-refractivity contribution in [1.82, 2.24) is 9.88 Å². The predicted octanol–water partition coefficient (Wildman–Crippen LogP) is 2.77. The number of nitrogens with zero attached hydrogens (tertiary/aromatic N) is 2. The zero-order valence-electron chi connectivity index (χ0n) is 9.53. The second kappa shape index (κ2) is 5.66. The fraction of sp³-hybridized carbons (Fsp3) is 0.333. The Morgan fingerprint density at radius 3 is 2.81 bits per heavy atom. The Morgan fingerprint density at radius 1 is 1.62 bits per heavy atom. The van der Waals surface area contributed by atoms with Crippen molar-refractivity contribution in [3.63, 3.8) is 0 Å². The molecule has 0 aliphatic rings. The van der Waals surface area contributed by atoms with Gasteiger partial charge in [-0.25, -0.2) is 0 Å². The molecule has 1 heterocycles. The first kappa shape index (κ1) is 12.7. The third-order valence-corrected chi connectivity index (χ3v) is 2.31. The number of pyridine rings is 1. The number of hydrogen-bond acceptors (Lipinski definition) is 2. The van der Waals surface area contributed by atoms with Gasteiger partial charge in [-0.15, -0.1) is 0 Å². The molecule has 1 rings (SSSR count). The summed E-state index contributed by atoms with van der Waals surface area (Å²) in [6.07, 6.45) is 1.53. The molecule has 0 fully saturated rings. The fourth-order valence-corrected chi connectivity index (χ4v) is 1.50. The molecule has 3 nitrogen and oxygen atoms in total. The molecule has 0 atom stereocenters. The van der Waals surface area contributed by atoms with E-state index in [0.717, 1.165) is 5.57 Å². The normalized spacial score (nSPS) is 9.94. The van der Waals surface area contributed by atoms with Crippen molar-refractivity contribution in [1.29, 1.82) is 0 Å². The molecule has 0 spiro atoms. The van der Waals surface area contributed by atoms with Crippen LogP contribution >= 0.6 is 11.6 Å². The van der Waals surface area contributed by atoms with Crippen LogP contribution in [-0.4, -0.2) is 28.9 Å². The van der Waals surface area contributed by atoms with Crippen LogP contribution in [0.2, 0.25) is 5.02 Å². The van der Waals surface area contributed by atoms with E-state index in [9.17, 15) is 4.79 Å². The summed E-state index contributed by atoms with van der Waals surface area (Å²) in [5, 5.41) is 0.518. The van der Waals surface area contributed by atoms with Gasteiger partial charge in [0.05, 0.1) is 0 Å². The van der Waals surface area contributed by atoms with Crippen LogP contribution < -0.4 is 0 Å². The second-order valence-electron chi connectivity index (χ2n) is 3.64. The Balaban J connectivity index is 2.86. The Morgan fingerprint density at radius 2 is 2.31 bits per heavy atom. The SMILES string of the molecule is C=C(C)CN(CC)C(=O)c1cc(Cl)ccn1. The highest BCUT2D eigenvalue weighted by atomic mass is 35.5. The van der Waals surface area contributed by atoms with Gasteiger partial charge in [-0.3, -0.25) is 9.78 Å². The van der Waals surface area contributed by atoms with Gasteiger partial charge in [-0.1, -0.05) is 23.8 Å². The molecule has 1 aromatic rings. The second-order valence-corrected chi connectivity index (χ2v) is 4.07. The van der Waals surface area contributed by atoms with Gasteiger partial charge in [0.25, 0.3) is 5.91 Å². The average Bonchev–Trinajstić information content (AvgIpc) is 2.24. The minimum Gasteiger partial charge on any atom is -0.334 e. The van der Waals surface area contributed by atoms with Crippen molar-refractivity contribution in [3.05, 3.63) is 41.2 Å². The molecule has 0 aliphatic heterocycles. The zero-order valence-corrected chi connectivity index (χ0v) is 10.3. The van der Waals surface area contributed by atoms with Crippen LogP contribution in [0.25, 0.3) is 0 Å². The standard InChI is InChI=1S/C12H15ClN2O/c1-4-15(8-9(2)3)12(16)11-7-10(13)5-6-14-11/h5-7H,2,4,8H2,1,3H3. The summed E-state index contributed by atoms with van der Waals surface area (Å²) >= 11 is 5.81. The summed E-state index contributed by atoms with van der Waals surface area (Å²) in [5.74, 6) is -0.118. The highest BCUT2D eigenvalue weighted by Crippen LogP contribution is 2.10. The molecule has 0 radical (unpaired) electrons. The van der Waals surface area contributed by atoms with E-state index >= 15 is 0 Å². The smallest absolute Gasteiger partial charge is 0.272 e. The first-order valence-corrected chi connectivity index (χ1v) is 5.47. The summed E-state index contributed by atoms with van der Waals surface area (Å²) in [4.78, 5) is 17.7. The number of rotatable bonds is 4. The lowest BCUT2D eigenvalue weighted by molar-refractivity contribution is 0.0772. The first-order valence-electron chi connectivity index (χ1n) is 5.09. The highest BCUT2D eigenvalue weighted by molar-refractivity contribution is 6.30. The highest BCUT2D eigenvalue weighted by Gasteiger charge is 2.15. The van der Waals surface area contributed by atoms with Gasteiger partial charge in [0.1, 0.15) is 5.69 Å². The minimum absolute atomic E-state index is 0.118. The summed E-state index contributed by atoms with van der Waals surface area (Å²) in [6, 6.07) is 3.22. The fourth-order valence-electron chi connectivity index (χ4n) is 1.34. The molecular weight excluding hydrogens is 224 g/mol. The Labute approximate surface area is 101 Å². The molecule has 0 bridgehead atoms. The van der Waals surface area contributed by atoms with Crippen molar-refractivity contribution in [2.24, 2.45) is 0 Å². The van der Waals surface area contributed by atoms with Gasteiger partial charge in [-0.05, 0) is 26.0 Å². The number of halogens is 1. The number of carbonyl (C=O) groups excluding carboxylic acids is 1. The van der Waals surface area contributed by atoms with Gasteiger partial charge >= 0.3 is 0 Å². The monoisotopic (exact) mass is 238 g/mol. The van der Waals surface area contributed by atoms with Crippen LogP contribution in [0.1, 0.15) is 24.3 Å². The maximum atomic E-state index is 12.0. The van der Waals surface area contributed by atoms with Crippen molar-refractivity contribution in [3.8, 4) is 0 Å². The number of amides is 1. The quantitative estimate of drug-likeness (QED) is 0.756. The third kappa shape index (κ3) is 3.35. The van der Waals surface area contributed by atoms with Gasteiger partial charge in [-0.2, -0.15) is 0 Å². The van der Waals surface area contributed by atoms with E-state index in [0.29, 0.717) is 23.8 Å². The lowest BCUT2D eigenvalue weighted by Gasteiger charge is -2.20. The molecule has 0 N–H and O–H groups in total.